The fraction of sp³-hybridized carbons (Fsp3) is 0.222. The first kappa shape index (κ1) is 9.00. The summed E-state index contributed by atoms with van der Waals surface area (Å²) < 4.78 is 0. The minimum Gasteiger partial charge on any atom is -0.348 e. The third-order valence-corrected chi connectivity index (χ3v) is 2.42. The molecule has 0 aliphatic carbocycles. The van der Waals surface area contributed by atoms with E-state index in [1.165, 1.54) is 15.8 Å². The molecule has 0 aromatic carbocycles. The third kappa shape index (κ3) is 2.51. The van der Waals surface area contributed by atoms with Crippen LogP contribution in [0.2, 0.25) is 0 Å². The second-order valence-electron chi connectivity index (χ2n) is 2.43. The molecule has 2 nitrogen and oxygen atoms in total. The van der Waals surface area contributed by atoms with Crippen LogP contribution in [-0.2, 0) is 11.3 Å². The number of thiophene rings is 1. The summed E-state index contributed by atoms with van der Waals surface area (Å²) >= 11 is 1.69. The molecule has 0 unspecified atom stereocenters. The van der Waals surface area contributed by atoms with Gasteiger partial charge < -0.3 is 5.32 Å². The van der Waals surface area contributed by atoms with Gasteiger partial charge in [0.05, 0.1) is 6.54 Å². The highest BCUT2D eigenvalue weighted by Crippen LogP contribution is 2.14. The number of aryl methyl sites for hydroxylation is 1. The number of amides is 1. The lowest BCUT2D eigenvalue weighted by Gasteiger charge is -1.97. The molecule has 1 amide bonds. The van der Waals surface area contributed by atoms with Crippen LogP contribution < -0.4 is 5.32 Å². The van der Waals surface area contributed by atoms with Gasteiger partial charge in [0.25, 0.3) is 0 Å². The van der Waals surface area contributed by atoms with E-state index in [4.69, 9.17) is 0 Å². The van der Waals surface area contributed by atoms with Gasteiger partial charge in [0, 0.05) is 9.75 Å². The molecule has 0 atom stereocenters. The molecule has 1 N–H and O–H groups in total. The van der Waals surface area contributed by atoms with E-state index in [0.29, 0.717) is 6.54 Å². The monoisotopic (exact) mass is 181 g/mol. The van der Waals surface area contributed by atoms with Crippen molar-refractivity contribution in [1.29, 1.82) is 0 Å². The van der Waals surface area contributed by atoms with Gasteiger partial charge in [-0.15, -0.1) is 11.3 Å². The highest BCUT2D eigenvalue weighted by molar-refractivity contribution is 7.11. The Labute approximate surface area is 75.9 Å². The van der Waals surface area contributed by atoms with Gasteiger partial charge in [-0.1, -0.05) is 6.58 Å². The quantitative estimate of drug-likeness (QED) is 0.708. The number of carbonyl (C=O) groups excluding carboxylic acids is 1. The lowest BCUT2D eigenvalue weighted by Crippen LogP contribution is -2.19. The smallest absolute Gasteiger partial charge is 0.243 e. The van der Waals surface area contributed by atoms with E-state index in [9.17, 15) is 4.79 Å². The Balaban J connectivity index is 2.43. The molecule has 0 fully saturated rings. The van der Waals surface area contributed by atoms with Gasteiger partial charge >= 0.3 is 0 Å². The molecule has 3 heteroatoms. The molecule has 1 heterocycles. The summed E-state index contributed by atoms with van der Waals surface area (Å²) in [7, 11) is 0. The van der Waals surface area contributed by atoms with Gasteiger partial charge in [0.15, 0.2) is 0 Å². The average Bonchev–Trinajstić information content (AvgIpc) is 2.47. The molecule has 64 valence electrons. The Morgan fingerprint density at radius 1 is 1.75 bits per heavy atom. The van der Waals surface area contributed by atoms with Crippen molar-refractivity contribution in [3.63, 3.8) is 0 Å². The van der Waals surface area contributed by atoms with Crippen molar-refractivity contribution in [3.05, 3.63) is 34.5 Å². The SMILES string of the molecule is C=CC(=O)NCc1ccc(C)s1. The predicted molar refractivity (Wildman–Crippen MR) is 51.1 cm³/mol. The van der Waals surface area contributed by atoms with Gasteiger partial charge in [0.2, 0.25) is 5.91 Å². The van der Waals surface area contributed by atoms with Crippen molar-refractivity contribution in [2.45, 2.75) is 13.5 Å². The molecule has 0 bridgehead atoms. The predicted octanol–water partition coefficient (Wildman–Crippen LogP) is 1.86. The molecule has 0 saturated heterocycles. The first-order chi connectivity index (χ1) is 5.72. The van der Waals surface area contributed by atoms with E-state index in [2.05, 4.69) is 11.9 Å². The fourth-order valence-corrected chi connectivity index (χ4v) is 1.66. The standard InChI is InChI=1S/C9H11NOS/c1-3-9(11)10-6-8-5-4-7(2)12-8/h3-5H,1,6H2,2H3,(H,10,11). The number of hydrogen-bond donors (Lipinski definition) is 1. The van der Waals surface area contributed by atoms with E-state index < -0.39 is 0 Å². The zero-order valence-corrected chi connectivity index (χ0v) is 7.78. The van der Waals surface area contributed by atoms with E-state index in [1.807, 2.05) is 19.1 Å². The zero-order chi connectivity index (χ0) is 8.97. The summed E-state index contributed by atoms with van der Waals surface area (Å²) in [6.45, 7) is 6.02. The van der Waals surface area contributed by atoms with Gasteiger partial charge in [0.1, 0.15) is 0 Å². The summed E-state index contributed by atoms with van der Waals surface area (Å²) in [5.41, 5.74) is 0. The van der Waals surface area contributed by atoms with E-state index >= 15 is 0 Å². The first-order valence-corrected chi connectivity index (χ1v) is 4.49. The molecule has 1 aromatic heterocycles. The Bertz CT molecular complexity index is 290. The molecule has 12 heavy (non-hydrogen) atoms. The lowest BCUT2D eigenvalue weighted by atomic mass is 10.4. The van der Waals surface area contributed by atoms with Crippen LogP contribution in [0.4, 0.5) is 0 Å². The Kier molecular flexibility index (Phi) is 3.05. The maximum atomic E-state index is 10.8. The second kappa shape index (κ2) is 4.07. The van der Waals surface area contributed by atoms with Crippen molar-refractivity contribution in [3.8, 4) is 0 Å². The van der Waals surface area contributed by atoms with E-state index in [0.717, 1.165) is 0 Å². The number of rotatable bonds is 3. The van der Waals surface area contributed by atoms with E-state index in [-0.39, 0.29) is 5.91 Å². The molecule has 1 rings (SSSR count). The van der Waals surface area contributed by atoms with Gasteiger partial charge in [-0.25, -0.2) is 0 Å². The number of hydrogen-bond acceptors (Lipinski definition) is 2. The third-order valence-electron chi connectivity index (χ3n) is 1.42. The summed E-state index contributed by atoms with van der Waals surface area (Å²) in [4.78, 5) is 13.2. The summed E-state index contributed by atoms with van der Waals surface area (Å²) in [5.74, 6) is -0.124. The van der Waals surface area contributed by atoms with Crippen molar-refractivity contribution >= 4 is 17.2 Å². The number of nitrogens with one attached hydrogen (secondary N) is 1. The molecular weight excluding hydrogens is 170 g/mol. The Hall–Kier alpha value is -1.09. The van der Waals surface area contributed by atoms with Crippen molar-refractivity contribution in [1.82, 2.24) is 5.32 Å². The summed E-state index contributed by atoms with van der Waals surface area (Å²) in [6, 6.07) is 4.06. The Morgan fingerprint density at radius 3 is 3.00 bits per heavy atom. The van der Waals surface area contributed by atoms with E-state index in [1.54, 1.807) is 11.3 Å². The van der Waals surface area contributed by atoms with Crippen LogP contribution in [0.3, 0.4) is 0 Å². The van der Waals surface area contributed by atoms with Crippen molar-refractivity contribution in [2.75, 3.05) is 0 Å². The minimum atomic E-state index is -0.124. The van der Waals surface area contributed by atoms with Crippen LogP contribution >= 0.6 is 11.3 Å². The molecule has 0 spiro atoms. The molecule has 0 saturated carbocycles. The minimum absolute atomic E-state index is 0.124. The van der Waals surface area contributed by atoms with Gasteiger partial charge in [-0.05, 0) is 25.1 Å². The van der Waals surface area contributed by atoms with Crippen LogP contribution in [0.1, 0.15) is 9.75 Å². The molecule has 0 aliphatic rings. The topological polar surface area (TPSA) is 29.1 Å². The van der Waals surface area contributed by atoms with Crippen LogP contribution in [-0.4, -0.2) is 5.91 Å². The second-order valence-corrected chi connectivity index (χ2v) is 3.81. The largest absolute Gasteiger partial charge is 0.348 e. The van der Waals surface area contributed by atoms with Crippen molar-refractivity contribution in [2.24, 2.45) is 0 Å². The highest BCUT2D eigenvalue weighted by Gasteiger charge is 1.97. The fourth-order valence-electron chi connectivity index (χ4n) is 0.827. The molecule has 1 aromatic rings. The highest BCUT2D eigenvalue weighted by atomic mass is 32.1. The normalized spacial score (nSPS) is 9.42. The van der Waals surface area contributed by atoms with Crippen LogP contribution in [0, 0.1) is 6.92 Å². The number of carbonyl (C=O) groups is 1. The maximum Gasteiger partial charge on any atom is 0.243 e. The van der Waals surface area contributed by atoms with Gasteiger partial charge in [-0.2, -0.15) is 0 Å². The molecular formula is C9H11NOS. The lowest BCUT2D eigenvalue weighted by molar-refractivity contribution is -0.116. The van der Waals surface area contributed by atoms with Crippen LogP contribution in [0.25, 0.3) is 0 Å². The average molecular weight is 181 g/mol. The Morgan fingerprint density at radius 2 is 2.50 bits per heavy atom. The molecule has 0 radical (unpaired) electrons. The maximum absolute atomic E-state index is 10.8. The van der Waals surface area contributed by atoms with Gasteiger partial charge in [-0.3, -0.25) is 4.79 Å². The first-order valence-electron chi connectivity index (χ1n) is 3.68. The van der Waals surface area contributed by atoms with Crippen LogP contribution in [0.5, 0.6) is 0 Å². The zero-order valence-electron chi connectivity index (χ0n) is 6.96. The van der Waals surface area contributed by atoms with Crippen molar-refractivity contribution < 1.29 is 4.79 Å². The van der Waals surface area contributed by atoms with Crippen LogP contribution in [0.15, 0.2) is 24.8 Å². The summed E-state index contributed by atoms with van der Waals surface area (Å²) in [6.07, 6.45) is 1.28. The molecule has 0 aliphatic heterocycles. The summed E-state index contributed by atoms with van der Waals surface area (Å²) in [5, 5.41) is 2.72.